The molecule has 0 aliphatic rings. The van der Waals surface area contributed by atoms with Crippen molar-refractivity contribution in [3.05, 3.63) is 72.1 Å². The summed E-state index contributed by atoms with van der Waals surface area (Å²) in [5.74, 6) is -1.67. The van der Waals surface area contributed by atoms with Crippen LogP contribution in [0.25, 0.3) is 21.8 Å². The molecule has 0 aliphatic heterocycles. The fraction of sp³-hybridized carbons (Fsp3) is 0.100. The lowest BCUT2D eigenvalue weighted by Crippen LogP contribution is -2.14. The number of nitrogens with one attached hydrogen (secondary N) is 2. The first-order valence-corrected chi connectivity index (χ1v) is 8.20. The average molecular weight is 351 g/mol. The molecule has 0 spiro atoms. The van der Waals surface area contributed by atoms with Gasteiger partial charge in [0.15, 0.2) is 0 Å². The van der Waals surface area contributed by atoms with Gasteiger partial charge in [0, 0.05) is 34.5 Å². The van der Waals surface area contributed by atoms with E-state index in [0.29, 0.717) is 6.42 Å². The van der Waals surface area contributed by atoms with E-state index in [0.717, 1.165) is 45.7 Å². The van der Waals surface area contributed by atoms with Crippen LogP contribution >= 0.6 is 0 Å². The van der Waals surface area contributed by atoms with Crippen LogP contribution in [-0.4, -0.2) is 15.9 Å². The number of rotatable bonds is 4. The number of anilines is 1. The smallest absolute Gasteiger partial charge is 0.224 e. The fourth-order valence-electron chi connectivity index (χ4n) is 2.98. The van der Waals surface area contributed by atoms with Gasteiger partial charge in [0.1, 0.15) is 11.6 Å². The van der Waals surface area contributed by atoms with E-state index in [2.05, 4.69) is 15.3 Å². The van der Waals surface area contributed by atoms with Gasteiger partial charge in [-0.15, -0.1) is 0 Å². The summed E-state index contributed by atoms with van der Waals surface area (Å²) in [4.78, 5) is 19.7. The van der Waals surface area contributed by atoms with Crippen LogP contribution in [0.2, 0.25) is 0 Å². The SMILES string of the molecule is O=C(CCc1cc2c(cn1)[nH]c1ccccc12)Nc1cc(F)ccc1F. The number of halogens is 2. The molecule has 6 heteroatoms. The summed E-state index contributed by atoms with van der Waals surface area (Å²) in [6.45, 7) is 0. The Bertz CT molecular complexity index is 1120. The van der Waals surface area contributed by atoms with Crippen LogP contribution in [0.5, 0.6) is 0 Å². The van der Waals surface area contributed by atoms with Gasteiger partial charge in [-0.3, -0.25) is 9.78 Å². The van der Waals surface area contributed by atoms with Crippen molar-refractivity contribution in [3.8, 4) is 0 Å². The molecule has 1 amide bonds. The van der Waals surface area contributed by atoms with Crippen molar-refractivity contribution in [2.45, 2.75) is 12.8 Å². The van der Waals surface area contributed by atoms with Crippen molar-refractivity contribution in [2.75, 3.05) is 5.32 Å². The Morgan fingerprint density at radius 3 is 2.77 bits per heavy atom. The molecule has 0 unspecified atom stereocenters. The quantitative estimate of drug-likeness (QED) is 0.566. The molecule has 2 heterocycles. The summed E-state index contributed by atoms with van der Waals surface area (Å²) in [6.07, 6.45) is 2.27. The molecule has 4 aromatic rings. The molecule has 2 aromatic heterocycles. The van der Waals surface area contributed by atoms with Gasteiger partial charge in [-0.05, 0) is 30.7 Å². The van der Waals surface area contributed by atoms with E-state index in [1.54, 1.807) is 6.20 Å². The molecule has 0 saturated carbocycles. The second-order valence-electron chi connectivity index (χ2n) is 6.06. The zero-order chi connectivity index (χ0) is 18.1. The predicted octanol–water partition coefficient (Wildman–Crippen LogP) is 4.57. The van der Waals surface area contributed by atoms with Crippen LogP contribution in [0.4, 0.5) is 14.5 Å². The van der Waals surface area contributed by atoms with Gasteiger partial charge in [-0.1, -0.05) is 18.2 Å². The largest absolute Gasteiger partial charge is 0.353 e. The first kappa shape index (κ1) is 16.2. The minimum absolute atomic E-state index is 0.122. The normalized spacial score (nSPS) is 11.2. The molecule has 4 rings (SSSR count). The summed E-state index contributed by atoms with van der Waals surface area (Å²) in [7, 11) is 0. The lowest BCUT2D eigenvalue weighted by atomic mass is 10.1. The van der Waals surface area contributed by atoms with Gasteiger partial charge >= 0.3 is 0 Å². The van der Waals surface area contributed by atoms with Crippen LogP contribution in [0.15, 0.2) is 54.7 Å². The monoisotopic (exact) mass is 351 g/mol. The third-order valence-corrected chi connectivity index (χ3v) is 4.26. The average Bonchev–Trinajstić information content (AvgIpc) is 3.01. The number of aromatic nitrogens is 2. The predicted molar refractivity (Wildman–Crippen MR) is 96.9 cm³/mol. The molecule has 26 heavy (non-hydrogen) atoms. The number of nitrogens with zero attached hydrogens (tertiary/aromatic N) is 1. The number of pyridine rings is 1. The third-order valence-electron chi connectivity index (χ3n) is 4.26. The molecule has 4 nitrogen and oxygen atoms in total. The maximum atomic E-state index is 13.6. The topological polar surface area (TPSA) is 57.8 Å². The maximum Gasteiger partial charge on any atom is 0.224 e. The van der Waals surface area contributed by atoms with Crippen LogP contribution < -0.4 is 5.32 Å². The third kappa shape index (κ3) is 3.13. The number of amides is 1. The number of hydrogen-bond acceptors (Lipinski definition) is 2. The molecule has 130 valence electrons. The second-order valence-corrected chi connectivity index (χ2v) is 6.06. The van der Waals surface area contributed by atoms with E-state index < -0.39 is 17.5 Å². The Labute approximate surface area is 147 Å². The van der Waals surface area contributed by atoms with Crippen LogP contribution in [0.1, 0.15) is 12.1 Å². The number of fused-ring (bicyclic) bond motifs is 3. The summed E-state index contributed by atoms with van der Waals surface area (Å²) in [6, 6.07) is 12.8. The molecule has 0 bridgehead atoms. The van der Waals surface area contributed by atoms with E-state index in [9.17, 15) is 13.6 Å². The van der Waals surface area contributed by atoms with Crippen molar-refractivity contribution in [1.82, 2.24) is 9.97 Å². The summed E-state index contributed by atoms with van der Waals surface area (Å²) in [5, 5.41) is 4.53. The molecule has 0 aliphatic carbocycles. The number of para-hydroxylation sites is 1. The van der Waals surface area contributed by atoms with E-state index in [1.807, 2.05) is 30.3 Å². The molecule has 0 radical (unpaired) electrons. The molecule has 2 aromatic carbocycles. The van der Waals surface area contributed by atoms with Gasteiger partial charge < -0.3 is 10.3 Å². The van der Waals surface area contributed by atoms with E-state index in [4.69, 9.17) is 0 Å². The lowest BCUT2D eigenvalue weighted by Gasteiger charge is -2.06. The number of hydrogen-bond donors (Lipinski definition) is 2. The Morgan fingerprint density at radius 1 is 1.04 bits per heavy atom. The number of benzene rings is 2. The van der Waals surface area contributed by atoms with Crippen LogP contribution in [0, 0.1) is 11.6 Å². The van der Waals surface area contributed by atoms with Gasteiger partial charge in [-0.2, -0.15) is 0 Å². The summed E-state index contributed by atoms with van der Waals surface area (Å²) >= 11 is 0. The Balaban J connectivity index is 1.49. The number of carbonyl (C=O) groups is 1. The first-order chi connectivity index (χ1) is 12.6. The highest BCUT2D eigenvalue weighted by Crippen LogP contribution is 2.25. The number of carbonyl (C=O) groups excluding carboxylic acids is 1. The standard InChI is InChI=1S/C20H15F2N3O/c21-12-5-7-16(22)18(9-12)25-20(26)8-6-13-10-15-14-3-1-2-4-17(14)24-19(15)11-23-13/h1-5,7,9-11,24H,6,8H2,(H,25,26). The second kappa shape index (κ2) is 6.55. The highest BCUT2D eigenvalue weighted by atomic mass is 19.1. The van der Waals surface area contributed by atoms with Crippen molar-refractivity contribution in [3.63, 3.8) is 0 Å². The zero-order valence-corrected chi connectivity index (χ0v) is 13.7. The Kier molecular flexibility index (Phi) is 4.08. The highest BCUT2D eigenvalue weighted by Gasteiger charge is 2.10. The lowest BCUT2D eigenvalue weighted by molar-refractivity contribution is -0.116. The molecule has 0 saturated heterocycles. The first-order valence-electron chi connectivity index (χ1n) is 8.20. The van der Waals surface area contributed by atoms with Gasteiger partial charge in [0.05, 0.1) is 17.4 Å². The fourth-order valence-corrected chi connectivity index (χ4v) is 2.98. The van der Waals surface area contributed by atoms with Crippen molar-refractivity contribution in [1.29, 1.82) is 0 Å². The molecule has 0 atom stereocenters. The van der Waals surface area contributed by atoms with Crippen molar-refractivity contribution < 1.29 is 13.6 Å². The molecule has 0 fully saturated rings. The van der Waals surface area contributed by atoms with Gasteiger partial charge in [0.25, 0.3) is 0 Å². The maximum absolute atomic E-state index is 13.6. The minimum atomic E-state index is -0.668. The molecular formula is C20H15F2N3O. The molecular weight excluding hydrogens is 336 g/mol. The van der Waals surface area contributed by atoms with Gasteiger partial charge in [0.2, 0.25) is 5.91 Å². The van der Waals surface area contributed by atoms with Gasteiger partial charge in [-0.25, -0.2) is 8.78 Å². The number of aromatic amines is 1. The van der Waals surface area contributed by atoms with E-state index in [1.165, 1.54) is 0 Å². The van der Waals surface area contributed by atoms with Crippen LogP contribution in [0.3, 0.4) is 0 Å². The van der Waals surface area contributed by atoms with E-state index in [-0.39, 0.29) is 12.1 Å². The summed E-state index contributed by atoms with van der Waals surface area (Å²) < 4.78 is 26.7. The van der Waals surface area contributed by atoms with Crippen molar-refractivity contribution in [2.24, 2.45) is 0 Å². The van der Waals surface area contributed by atoms with Crippen LogP contribution in [-0.2, 0) is 11.2 Å². The zero-order valence-electron chi connectivity index (χ0n) is 13.7. The minimum Gasteiger partial charge on any atom is -0.353 e. The van der Waals surface area contributed by atoms with E-state index >= 15 is 0 Å². The number of H-pyrrole nitrogens is 1. The number of aryl methyl sites for hydroxylation is 1. The molecule has 2 N–H and O–H groups in total. The summed E-state index contributed by atoms with van der Waals surface area (Å²) in [5.41, 5.74) is 2.56. The Morgan fingerprint density at radius 2 is 1.88 bits per heavy atom. The van der Waals surface area contributed by atoms with Crippen molar-refractivity contribution >= 4 is 33.4 Å². The Hall–Kier alpha value is -3.28. The highest BCUT2D eigenvalue weighted by molar-refractivity contribution is 6.07.